The number of aromatic hydroxyl groups is 1. The summed E-state index contributed by atoms with van der Waals surface area (Å²) in [4.78, 5) is 12.3. The van der Waals surface area contributed by atoms with Crippen LogP contribution in [-0.2, 0) is 10.2 Å². The molecule has 0 heterocycles. The molecule has 1 atom stereocenters. The smallest absolute Gasteiger partial charge is 0.265 e. The predicted molar refractivity (Wildman–Crippen MR) is 92.0 cm³/mol. The highest BCUT2D eigenvalue weighted by Gasteiger charge is 2.22. The molecule has 122 valence electrons. The number of ether oxygens (including phenoxy) is 1. The topological polar surface area (TPSA) is 58.6 Å². The SMILES string of the molecule is CC(Oc1ccccc1C(C)(C)C)C(=O)Nc1ccc(O)cc1. The highest BCUT2D eigenvalue weighted by atomic mass is 16.5. The number of carbonyl (C=O) groups excluding carboxylic acids is 1. The minimum absolute atomic E-state index is 0.0657. The van der Waals surface area contributed by atoms with E-state index in [4.69, 9.17) is 4.74 Å². The minimum atomic E-state index is -0.632. The van der Waals surface area contributed by atoms with E-state index in [9.17, 15) is 9.90 Å². The van der Waals surface area contributed by atoms with Gasteiger partial charge in [-0.25, -0.2) is 0 Å². The zero-order valence-electron chi connectivity index (χ0n) is 14.0. The molecule has 0 fully saturated rings. The van der Waals surface area contributed by atoms with Crippen LogP contribution in [0.1, 0.15) is 33.3 Å². The number of hydrogen-bond acceptors (Lipinski definition) is 3. The maximum absolute atomic E-state index is 12.3. The molecular weight excluding hydrogens is 290 g/mol. The van der Waals surface area contributed by atoms with Crippen molar-refractivity contribution in [1.29, 1.82) is 0 Å². The van der Waals surface area contributed by atoms with Crippen molar-refractivity contribution in [1.82, 2.24) is 0 Å². The second kappa shape index (κ2) is 6.73. The Labute approximate surface area is 137 Å². The van der Waals surface area contributed by atoms with Crippen molar-refractivity contribution in [3.05, 3.63) is 54.1 Å². The third-order valence-electron chi connectivity index (χ3n) is 3.50. The van der Waals surface area contributed by atoms with E-state index < -0.39 is 6.10 Å². The molecule has 0 bridgehead atoms. The lowest BCUT2D eigenvalue weighted by Crippen LogP contribution is -2.31. The second-order valence-electron chi connectivity index (χ2n) is 6.54. The number of phenols is 1. The molecule has 23 heavy (non-hydrogen) atoms. The van der Waals surface area contributed by atoms with Gasteiger partial charge in [0.25, 0.3) is 5.91 Å². The van der Waals surface area contributed by atoms with Gasteiger partial charge in [-0.05, 0) is 48.2 Å². The molecule has 2 aromatic rings. The first-order chi connectivity index (χ1) is 10.8. The van der Waals surface area contributed by atoms with Crippen LogP contribution in [0.3, 0.4) is 0 Å². The zero-order chi connectivity index (χ0) is 17.0. The predicted octanol–water partition coefficient (Wildman–Crippen LogP) is 4.10. The van der Waals surface area contributed by atoms with Crippen LogP contribution in [0.2, 0.25) is 0 Å². The normalized spacial score (nSPS) is 12.5. The Kier molecular flexibility index (Phi) is 4.94. The van der Waals surface area contributed by atoms with Crippen molar-refractivity contribution in [3.8, 4) is 11.5 Å². The highest BCUT2D eigenvalue weighted by molar-refractivity contribution is 5.94. The number of para-hydroxylation sites is 1. The number of carbonyl (C=O) groups is 1. The average molecular weight is 313 g/mol. The van der Waals surface area contributed by atoms with Crippen molar-refractivity contribution in [2.45, 2.75) is 39.2 Å². The summed E-state index contributed by atoms with van der Waals surface area (Å²) in [7, 11) is 0. The minimum Gasteiger partial charge on any atom is -0.508 e. The fraction of sp³-hybridized carbons (Fsp3) is 0.316. The second-order valence-corrected chi connectivity index (χ2v) is 6.54. The van der Waals surface area contributed by atoms with Crippen LogP contribution in [0.15, 0.2) is 48.5 Å². The van der Waals surface area contributed by atoms with E-state index in [1.54, 1.807) is 19.1 Å². The Morgan fingerprint density at radius 3 is 2.30 bits per heavy atom. The first-order valence-corrected chi connectivity index (χ1v) is 7.63. The summed E-state index contributed by atoms with van der Waals surface area (Å²) in [6, 6.07) is 14.1. The van der Waals surface area contributed by atoms with E-state index in [2.05, 4.69) is 26.1 Å². The number of amides is 1. The molecule has 0 aliphatic heterocycles. The van der Waals surface area contributed by atoms with Crippen LogP contribution in [0, 0.1) is 0 Å². The van der Waals surface area contributed by atoms with Gasteiger partial charge in [-0.2, -0.15) is 0 Å². The van der Waals surface area contributed by atoms with Crippen molar-refractivity contribution < 1.29 is 14.6 Å². The standard InChI is InChI=1S/C19H23NO3/c1-13(18(22)20-14-9-11-15(21)12-10-14)23-17-8-6-5-7-16(17)19(2,3)4/h5-13,21H,1-4H3,(H,20,22). The molecule has 1 amide bonds. The third-order valence-corrected chi connectivity index (χ3v) is 3.50. The zero-order valence-corrected chi connectivity index (χ0v) is 14.0. The molecule has 0 spiro atoms. The molecule has 2 N–H and O–H groups in total. The Balaban J connectivity index is 2.08. The van der Waals surface area contributed by atoms with E-state index in [-0.39, 0.29) is 17.1 Å². The quantitative estimate of drug-likeness (QED) is 0.836. The number of nitrogens with one attached hydrogen (secondary N) is 1. The molecule has 4 nitrogen and oxygen atoms in total. The van der Waals surface area contributed by atoms with E-state index in [0.29, 0.717) is 11.4 Å². The third kappa shape index (κ3) is 4.49. The van der Waals surface area contributed by atoms with Gasteiger partial charge in [-0.1, -0.05) is 39.0 Å². The maximum Gasteiger partial charge on any atom is 0.265 e. The maximum atomic E-state index is 12.3. The lowest BCUT2D eigenvalue weighted by atomic mass is 9.86. The van der Waals surface area contributed by atoms with Gasteiger partial charge >= 0.3 is 0 Å². The Morgan fingerprint density at radius 2 is 1.70 bits per heavy atom. The molecule has 2 rings (SSSR count). The molecule has 0 radical (unpaired) electrons. The number of anilines is 1. The number of benzene rings is 2. The Morgan fingerprint density at radius 1 is 1.09 bits per heavy atom. The van der Waals surface area contributed by atoms with Gasteiger partial charge in [0.2, 0.25) is 0 Å². The van der Waals surface area contributed by atoms with Crippen LogP contribution in [0.4, 0.5) is 5.69 Å². The molecule has 0 aliphatic rings. The summed E-state index contributed by atoms with van der Waals surface area (Å²) in [5.41, 5.74) is 1.61. The average Bonchev–Trinajstić information content (AvgIpc) is 2.49. The van der Waals surface area contributed by atoms with Crippen molar-refractivity contribution in [2.75, 3.05) is 5.32 Å². The number of phenolic OH excluding ortho intramolecular Hbond substituents is 1. The number of rotatable bonds is 4. The van der Waals surface area contributed by atoms with Gasteiger partial charge in [0, 0.05) is 5.69 Å². The number of hydrogen-bond donors (Lipinski definition) is 2. The van der Waals surface area contributed by atoms with E-state index in [1.165, 1.54) is 12.1 Å². The fourth-order valence-electron chi connectivity index (χ4n) is 2.22. The van der Waals surface area contributed by atoms with Gasteiger partial charge in [0.1, 0.15) is 11.5 Å². The molecule has 0 aliphatic carbocycles. The molecule has 4 heteroatoms. The summed E-state index contributed by atoms with van der Waals surface area (Å²) in [5.74, 6) is 0.638. The summed E-state index contributed by atoms with van der Waals surface area (Å²) in [6.07, 6.45) is -0.632. The van der Waals surface area contributed by atoms with E-state index in [1.807, 2.05) is 24.3 Å². The first-order valence-electron chi connectivity index (χ1n) is 7.63. The molecule has 0 saturated heterocycles. The largest absolute Gasteiger partial charge is 0.508 e. The van der Waals surface area contributed by atoms with Crippen LogP contribution in [0.25, 0.3) is 0 Å². The lowest BCUT2D eigenvalue weighted by Gasteiger charge is -2.24. The van der Waals surface area contributed by atoms with Gasteiger partial charge < -0.3 is 15.2 Å². The Bertz CT molecular complexity index is 672. The van der Waals surface area contributed by atoms with E-state index in [0.717, 1.165) is 5.56 Å². The van der Waals surface area contributed by atoms with Crippen molar-refractivity contribution in [2.24, 2.45) is 0 Å². The summed E-state index contributed by atoms with van der Waals surface area (Å²) in [6.45, 7) is 8.04. The summed E-state index contributed by atoms with van der Waals surface area (Å²) < 4.78 is 5.87. The van der Waals surface area contributed by atoms with E-state index >= 15 is 0 Å². The molecular formula is C19H23NO3. The fourth-order valence-corrected chi connectivity index (χ4v) is 2.22. The summed E-state index contributed by atoms with van der Waals surface area (Å²) in [5, 5.41) is 12.0. The van der Waals surface area contributed by atoms with Gasteiger partial charge in [-0.15, -0.1) is 0 Å². The Hall–Kier alpha value is -2.49. The van der Waals surface area contributed by atoms with Crippen molar-refractivity contribution in [3.63, 3.8) is 0 Å². The molecule has 0 saturated carbocycles. The first kappa shape index (κ1) is 16.9. The van der Waals surface area contributed by atoms with Crippen LogP contribution in [0.5, 0.6) is 11.5 Å². The lowest BCUT2D eigenvalue weighted by molar-refractivity contribution is -0.122. The van der Waals surface area contributed by atoms with Gasteiger partial charge in [0.15, 0.2) is 6.10 Å². The van der Waals surface area contributed by atoms with Crippen LogP contribution in [-0.4, -0.2) is 17.1 Å². The highest BCUT2D eigenvalue weighted by Crippen LogP contribution is 2.31. The molecule has 2 aromatic carbocycles. The summed E-state index contributed by atoms with van der Waals surface area (Å²) >= 11 is 0. The molecule has 0 aromatic heterocycles. The van der Waals surface area contributed by atoms with Crippen LogP contribution >= 0.6 is 0 Å². The van der Waals surface area contributed by atoms with Crippen molar-refractivity contribution >= 4 is 11.6 Å². The monoisotopic (exact) mass is 313 g/mol. The van der Waals surface area contributed by atoms with Gasteiger partial charge in [0.05, 0.1) is 0 Å². The van der Waals surface area contributed by atoms with Crippen LogP contribution < -0.4 is 10.1 Å². The molecule has 1 unspecified atom stereocenters. The van der Waals surface area contributed by atoms with Gasteiger partial charge in [-0.3, -0.25) is 4.79 Å².